The predicted octanol–water partition coefficient (Wildman–Crippen LogP) is 4.16. The van der Waals surface area contributed by atoms with Gasteiger partial charge in [0.2, 0.25) is 5.91 Å². The van der Waals surface area contributed by atoms with Crippen LogP contribution in [0.5, 0.6) is 11.5 Å². The first kappa shape index (κ1) is 29.4. The standard InChI is InChI=1S/C32H42N2O6/c1-20-16-29(40-19-30(35)34-14-12-24(13-15-34)32(37)39-5)22(3)28-17-25(8-11-27(20)28)21(2)31(36)33-18-23-6-9-26(38-4)10-7-23/h6-7,9-10,16,21,24-25H,8,11-15,17-19H2,1-5H3,(H,33,36)/t21-,25+/m0/s1. The second kappa shape index (κ2) is 13.2. The molecule has 2 atom stereocenters. The summed E-state index contributed by atoms with van der Waals surface area (Å²) in [6.07, 6.45) is 3.93. The molecule has 1 fully saturated rings. The molecule has 1 aliphatic heterocycles. The first-order chi connectivity index (χ1) is 19.2. The van der Waals surface area contributed by atoms with Crippen LogP contribution in [0.2, 0.25) is 0 Å². The first-order valence-electron chi connectivity index (χ1n) is 14.2. The maximum Gasteiger partial charge on any atom is 0.308 e. The fraction of sp³-hybridized carbons (Fsp3) is 0.531. The van der Waals surface area contributed by atoms with Crippen LogP contribution < -0.4 is 14.8 Å². The van der Waals surface area contributed by atoms with Crippen molar-refractivity contribution in [3.05, 3.63) is 58.1 Å². The number of rotatable bonds is 9. The summed E-state index contributed by atoms with van der Waals surface area (Å²) in [7, 11) is 3.04. The quantitative estimate of drug-likeness (QED) is 0.472. The van der Waals surface area contributed by atoms with E-state index >= 15 is 0 Å². The summed E-state index contributed by atoms with van der Waals surface area (Å²) in [4.78, 5) is 39.4. The minimum Gasteiger partial charge on any atom is -0.497 e. The molecule has 0 radical (unpaired) electrons. The third-order valence-electron chi connectivity index (χ3n) is 8.72. The molecule has 2 aromatic rings. The topological polar surface area (TPSA) is 94.2 Å². The highest BCUT2D eigenvalue weighted by Crippen LogP contribution is 2.38. The average Bonchev–Trinajstić information content (AvgIpc) is 3.00. The van der Waals surface area contributed by atoms with Crippen molar-refractivity contribution in [3.63, 3.8) is 0 Å². The molecular formula is C32H42N2O6. The van der Waals surface area contributed by atoms with Crippen molar-refractivity contribution in [2.75, 3.05) is 33.9 Å². The van der Waals surface area contributed by atoms with Crippen LogP contribution in [0.25, 0.3) is 0 Å². The molecule has 0 aromatic heterocycles. The van der Waals surface area contributed by atoms with Gasteiger partial charge in [-0.2, -0.15) is 0 Å². The Kier molecular flexibility index (Phi) is 9.71. The number of nitrogens with one attached hydrogen (secondary N) is 1. The van der Waals surface area contributed by atoms with Crippen molar-refractivity contribution < 1.29 is 28.6 Å². The van der Waals surface area contributed by atoms with Crippen molar-refractivity contribution in [2.45, 2.75) is 59.4 Å². The average molecular weight is 551 g/mol. The number of hydrogen-bond acceptors (Lipinski definition) is 6. The maximum absolute atomic E-state index is 13.0. The molecule has 216 valence electrons. The van der Waals surface area contributed by atoms with E-state index in [1.165, 1.54) is 18.2 Å². The van der Waals surface area contributed by atoms with Crippen LogP contribution in [-0.4, -0.2) is 56.6 Å². The summed E-state index contributed by atoms with van der Waals surface area (Å²) >= 11 is 0. The Morgan fingerprint density at radius 3 is 2.38 bits per heavy atom. The van der Waals surface area contributed by atoms with Gasteiger partial charge in [0, 0.05) is 25.6 Å². The van der Waals surface area contributed by atoms with Gasteiger partial charge in [-0.3, -0.25) is 14.4 Å². The van der Waals surface area contributed by atoms with Gasteiger partial charge in [0.1, 0.15) is 11.5 Å². The Labute approximate surface area is 237 Å². The monoisotopic (exact) mass is 550 g/mol. The van der Waals surface area contributed by atoms with E-state index in [2.05, 4.69) is 19.2 Å². The zero-order valence-corrected chi connectivity index (χ0v) is 24.4. The molecule has 1 heterocycles. The zero-order valence-electron chi connectivity index (χ0n) is 24.4. The van der Waals surface area contributed by atoms with Crippen LogP contribution in [-0.2, 0) is 38.5 Å². The minimum atomic E-state index is -0.203. The van der Waals surface area contributed by atoms with Crippen LogP contribution in [0.4, 0.5) is 0 Å². The molecule has 1 saturated heterocycles. The fourth-order valence-electron chi connectivity index (χ4n) is 5.97. The molecule has 40 heavy (non-hydrogen) atoms. The summed E-state index contributed by atoms with van der Waals surface area (Å²) in [6.45, 7) is 7.68. The molecule has 0 saturated carbocycles. The zero-order chi connectivity index (χ0) is 28.8. The largest absolute Gasteiger partial charge is 0.497 e. The molecule has 2 aliphatic rings. The van der Waals surface area contributed by atoms with Gasteiger partial charge < -0.3 is 24.4 Å². The SMILES string of the molecule is COC(=O)C1CCN(C(=O)COc2cc(C)c3c(c2C)C[C@H]([C@H](C)C(=O)NCc2ccc(OC)cc2)CC3)CC1. The van der Waals surface area contributed by atoms with Crippen LogP contribution in [0.1, 0.15) is 54.0 Å². The highest BCUT2D eigenvalue weighted by molar-refractivity contribution is 5.79. The van der Waals surface area contributed by atoms with Gasteiger partial charge in [-0.1, -0.05) is 19.1 Å². The van der Waals surface area contributed by atoms with Gasteiger partial charge in [-0.25, -0.2) is 0 Å². The van der Waals surface area contributed by atoms with Gasteiger partial charge in [-0.15, -0.1) is 0 Å². The number of carbonyl (C=O) groups is 3. The van der Waals surface area contributed by atoms with E-state index in [0.717, 1.165) is 47.5 Å². The Hall–Kier alpha value is -3.55. The molecule has 1 N–H and O–H groups in total. The first-order valence-corrected chi connectivity index (χ1v) is 14.2. The van der Waals surface area contributed by atoms with Gasteiger partial charge >= 0.3 is 5.97 Å². The number of aryl methyl sites for hydroxylation is 1. The Balaban J connectivity index is 1.34. The van der Waals surface area contributed by atoms with Crippen LogP contribution in [0, 0.1) is 31.6 Å². The summed E-state index contributed by atoms with van der Waals surface area (Å²) in [5, 5.41) is 3.10. The second-order valence-electron chi connectivity index (χ2n) is 11.1. The number of ether oxygens (including phenoxy) is 3. The number of piperidine rings is 1. The third kappa shape index (κ3) is 6.77. The summed E-state index contributed by atoms with van der Waals surface area (Å²) < 4.78 is 16.1. The lowest BCUT2D eigenvalue weighted by atomic mass is 9.74. The normalized spacial score (nSPS) is 17.9. The Bertz CT molecular complexity index is 1220. The molecule has 4 rings (SSSR count). The molecule has 8 heteroatoms. The molecule has 2 amide bonds. The molecule has 2 aromatic carbocycles. The lowest BCUT2D eigenvalue weighted by Gasteiger charge is -2.32. The number of methoxy groups -OCH3 is 2. The summed E-state index contributed by atoms with van der Waals surface area (Å²) in [5.41, 5.74) is 5.83. The molecular weight excluding hydrogens is 508 g/mol. The van der Waals surface area contributed by atoms with Gasteiger partial charge in [-0.05, 0) is 97.9 Å². The Morgan fingerprint density at radius 1 is 1.02 bits per heavy atom. The van der Waals surface area contributed by atoms with Gasteiger partial charge in [0.25, 0.3) is 5.91 Å². The Morgan fingerprint density at radius 2 is 1.73 bits per heavy atom. The van der Waals surface area contributed by atoms with Crippen LogP contribution in [0.15, 0.2) is 30.3 Å². The molecule has 1 aliphatic carbocycles. The minimum absolute atomic E-state index is 0.0322. The van der Waals surface area contributed by atoms with E-state index in [-0.39, 0.29) is 42.1 Å². The lowest BCUT2D eigenvalue weighted by Crippen LogP contribution is -2.42. The fourth-order valence-corrected chi connectivity index (χ4v) is 5.97. The predicted molar refractivity (Wildman–Crippen MR) is 152 cm³/mol. The van der Waals surface area contributed by atoms with Crippen LogP contribution in [0.3, 0.4) is 0 Å². The highest BCUT2D eigenvalue weighted by atomic mass is 16.5. The van der Waals surface area contributed by atoms with E-state index in [4.69, 9.17) is 14.2 Å². The number of likely N-dealkylation sites (tertiary alicyclic amines) is 1. The molecule has 0 spiro atoms. The number of nitrogens with zero attached hydrogens (tertiary/aromatic N) is 1. The van der Waals surface area contributed by atoms with Crippen molar-refractivity contribution in [1.82, 2.24) is 10.2 Å². The number of esters is 1. The van der Waals surface area contributed by atoms with E-state index in [1.807, 2.05) is 37.3 Å². The van der Waals surface area contributed by atoms with Gasteiger partial charge in [0.15, 0.2) is 6.61 Å². The molecule has 0 bridgehead atoms. The number of amides is 2. The van der Waals surface area contributed by atoms with Crippen molar-refractivity contribution in [1.29, 1.82) is 0 Å². The number of hydrogen-bond donors (Lipinski definition) is 1. The van der Waals surface area contributed by atoms with Gasteiger partial charge in [0.05, 0.1) is 20.1 Å². The number of fused-ring (bicyclic) bond motifs is 1. The van der Waals surface area contributed by atoms with E-state index < -0.39 is 0 Å². The van der Waals surface area contributed by atoms with Crippen molar-refractivity contribution in [2.24, 2.45) is 17.8 Å². The molecule has 0 unspecified atom stereocenters. The highest BCUT2D eigenvalue weighted by Gasteiger charge is 2.31. The summed E-state index contributed by atoms with van der Waals surface area (Å²) in [5.74, 6) is 1.28. The number of benzene rings is 2. The summed E-state index contributed by atoms with van der Waals surface area (Å²) in [6, 6.07) is 9.76. The third-order valence-corrected chi connectivity index (χ3v) is 8.72. The van der Waals surface area contributed by atoms with E-state index in [0.29, 0.717) is 32.5 Å². The number of carbonyl (C=O) groups excluding carboxylic acids is 3. The van der Waals surface area contributed by atoms with Crippen LogP contribution >= 0.6 is 0 Å². The molecule has 8 nitrogen and oxygen atoms in total. The van der Waals surface area contributed by atoms with E-state index in [1.54, 1.807) is 12.0 Å². The van der Waals surface area contributed by atoms with E-state index in [9.17, 15) is 14.4 Å². The maximum atomic E-state index is 13.0. The smallest absolute Gasteiger partial charge is 0.308 e. The van der Waals surface area contributed by atoms with Crippen molar-refractivity contribution in [3.8, 4) is 11.5 Å². The lowest BCUT2D eigenvalue weighted by molar-refractivity contribution is -0.149. The second-order valence-corrected chi connectivity index (χ2v) is 11.1. The van der Waals surface area contributed by atoms with Crippen molar-refractivity contribution >= 4 is 17.8 Å².